The van der Waals surface area contributed by atoms with Gasteiger partial charge < -0.3 is 4.52 Å². The highest BCUT2D eigenvalue weighted by Crippen LogP contribution is 1.93. The first kappa shape index (κ1) is 7.78. The van der Waals surface area contributed by atoms with Crippen LogP contribution in [0.3, 0.4) is 0 Å². The third kappa shape index (κ3) is 1.39. The Morgan fingerprint density at radius 2 is 2.36 bits per heavy atom. The van der Waals surface area contributed by atoms with E-state index in [1.807, 2.05) is 0 Å². The standard InChI is InChI=1S/C7H9NO3/c1-3-6(9)8-7(10)4-5(2)11-8/h4H,3H2,1-2H3. The molecule has 60 valence electrons. The summed E-state index contributed by atoms with van der Waals surface area (Å²) < 4.78 is 5.59. The van der Waals surface area contributed by atoms with Crippen LogP contribution in [0.5, 0.6) is 0 Å². The molecule has 0 saturated heterocycles. The van der Waals surface area contributed by atoms with Gasteiger partial charge in [0.1, 0.15) is 5.76 Å². The number of aromatic nitrogens is 1. The van der Waals surface area contributed by atoms with E-state index in [0.29, 0.717) is 5.76 Å². The van der Waals surface area contributed by atoms with Crippen LogP contribution >= 0.6 is 0 Å². The van der Waals surface area contributed by atoms with Crippen LogP contribution < -0.4 is 5.56 Å². The lowest BCUT2D eigenvalue weighted by molar-refractivity contribution is 0.0777. The fourth-order valence-corrected chi connectivity index (χ4v) is 0.765. The molecule has 0 saturated carbocycles. The third-order valence-electron chi connectivity index (χ3n) is 1.29. The van der Waals surface area contributed by atoms with E-state index in [4.69, 9.17) is 4.52 Å². The summed E-state index contributed by atoms with van der Waals surface area (Å²) in [5.74, 6) is 0.139. The average molecular weight is 155 g/mol. The van der Waals surface area contributed by atoms with Crippen molar-refractivity contribution < 1.29 is 9.32 Å². The molecule has 0 N–H and O–H groups in total. The van der Waals surface area contributed by atoms with Gasteiger partial charge in [0.05, 0.1) is 0 Å². The molecule has 0 aliphatic heterocycles. The Bertz CT molecular complexity index is 321. The number of carbonyl (C=O) groups is 1. The van der Waals surface area contributed by atoms with Crippen molar-refractivity contribution in [3.05, 3.63) is 22.2 Å². The Kier molecular flexibility index (Phi) is 1.94. The molecule has 0 amide bonds. The van der Waals surface area contributed by atoms with Gasteiger partial charge in [0, 0.05) is 12.5 Å². The summed E-state index contributed by atoms with van der Waals surface area (Å²) in [6.07, 6.45) is 0.271. The van der Waals surface area contributed by atoms with E-state index in [2.05, 4.69) is 0 Å². The number of aryl methyl sites for hydroxylation is 1. The van der Waals surface area contributed by atoms with Gasteiger partial charge in [0.2, 0.25) is 0 Å². The molecule has 4 nitrogen and oxygen atoms in total. The zero-order valence-corrected chi connectivity index (χ0v) is 6.46. The van der Waals surface area contributed by atoms with E-state index in [0.717, 1.165) is 4.74 Å². The van der Waals surface area contributed by atoms with Crippen molar-refractivity contribution in [3.8, 4) is 0 Å². The Labute approximate surface area is 63.4 Å². The molecule has 1 aromatic heterocycles. The quantitative estimate of drug-likeness (QED) is 0.602. The highest BCUT2D eigenvalue weighted by Gasteiger charge is 2.08. The predicted molar refractivity (Wildman–Crippen MR) is 38.6 cm³/mol. The number of hydrogen-bond acceptors (Lipinski definition) is 3. The van der Waals surface area contributed by atoms with E-state index in [1.54, 1.807) is 13.8 Å². The first-order valence-corrected chi connectivity index (χ1v) is 3.38. The Morgan fingerprint density at radius 1 is 1.73 bits per heavy atom. The van der Waals surface area contributed by atoms with E-state index >= 15 is 0 Å². The van der Waals surface area contributed by atoms with Crippen LogP contribution in [0.2, 0.25) is 0 Å². The Balaban J connectivity index is 3.13. The number of rotatable bonds is 1. The van der Waals surface area contributed by atoms with Crippen LogP contribution in [0.25, 0.3) is 0 Å². The Morgan fingerprint density at radius 3 is 2.73 bits per heavy atom. The van der Waals surface area contributed by atoms with Crippen molar-refractivity contribution in [1.29, 1.82) is 0 Å². The van der Waals surface area contributed by atoms with Crippen molar-refractivity contribution >= 4 is 5.91 Å². The monoisotopic (exact) mass is 155 g/mol. The molecule has 1 aromatic rings. The minimum absolute atomic E-state index is 0.271. The van der Waals surface area contributed by atoms with Crippen LogP contribution in [0.1, 0.15) is 23.9 Å². The number of carbonyl (C=O) groups excluding carboxylic acids is 1. The maximum atomic E-state index is 10.9. The van der Waals surface area contributed by atoms with E-state index in [1.165, 1.54) is 6.07 Å². The molecule has 0 atom stereocenters. The van der Waals surface area contributed by atoms with Gasteiger partial charge in [-0.25, -0.2) is 0 Å². The summed E-state index contributed by atoms with van der Waals surface area (Å²) in [5, 5.41) is 0. The largest absolute Gasteiger partial charge is 0.373 e. The highest BCUT2D eigenvalue weighted by molar-refractivity contribution is 5.76. The molecule has 4 heteroatoms. The minimum Gasteiger partial charge on any atom is -0.373 e. The van der Waals surface area contributed by atoms with Crippen LogP contribution in [0, 0.1) is 6.92 Å². The molecule has 0 radical (unpaired) electrons. The van der Waals surface area contributed by atoms with Crippen molar-refractivity contribution in [1.82, 2.24) is 4.74 Å². The fraction of sp³-hybridized carbons (Fsp3) is 0.429. The summed E-state index contributed by atoms with van der Waals surface area (Å²) in [5.41, 5.74) is -0.394. The number of nitrogens with zero attached hydrogens (tertiary/aromatic N) is 1. The second kappa shape index (κ2) is 2.74. The van der Waals surface area contributed by atoms with Crippen molar-refractivity contribution in [3.63, 3.8) is 0 Å². The highest BCUT2D eigenvalue weighted by atomic mass is 16.5. The lowest BCUT2D eigenvalue weighted by Gasteiger charge is -1.91. The number of hydrogen-bond donors (Lipinski definition) is 0. The molecular weight excluding hydrogens is 146 g/mol. The van der Waals surface area contributed by atoms with Crippen molar-refractivity contribution in [2.24, 2.45) is 0 Å². The van der Waals surface area contributed by atoms with E-state index < -0.39 is 5.56 Å². The van der Waals surface area contributed by atoms with Crippen LogP contribution in [0.15, 0.2) is 15.4 Å². The fourth-order valence-electron chi connectivity index (χ4n) is 0.765. The average Bonchev–Trinajstić information content (AvgIpc) is 2.28. The molecule has 1 heterocycles. The van der Waals surface area contributed by atoms with Crippen molar-refractivity contribution in [2.45, 2.75) is 20.3 Å². The lowest BCUT2D eigenvalue weighted by atomic mass is 10.4. The third-order valence-corrected chi connectivity index (χ3v) is 1.29. The van der Waals surface area contributed by atoms with E-state index in [9.17, 15) is 9.59 Å². The predicted octanol–water partition coefficient (Wildman–Crippen LogP) is 0.800. The zero-order valence-electron chi connectivity index (χ0n) is 6.46. The van der Waals surface area contributed by atoms with Gasteiger partial charge >= 0.3 is 0 Å². The van der Waals surface area contributed by atoms with Gasteiger partial charge in [0.15, 0.2) is 0 Å². The summed E-state index contributed by atoms with van der Waals surface area (Å²) in [7, 11) is 0. The van der Waals surface area contributed by atoms with Gasteiger partial charge in [0.25, 0.3) is 11.5 Å². The summed E-state index contributed by atoms with van der Waals surface area (Å²) >= 11 is 0. The lowest BCUT2D eigenvalue weighted by Crippen LogP contribution is -2.20. The van der Waals surface area contributed by atoms with Gasteiger partial charge in [-0.05, 0) is 6.92 Å². The second-order valence-corrected chi connectivity index (χ2v) is 2.23. The normalized spacial score (nSPS) is 10.0. The van der Waals surface area contributed by atoms with Crippen LogP contribution in [-0.4, -0.2) is 10.6 Å². The molecule has 0 bridgehead atoms. The second-order valence-electron chi connectivity index (χ2n) is 2.23. The Hall–Kier alpha value is -1.32. The topological polar surface area (TPSA) is 52.2 Å². The zero-order chi connectivity index (χ0) is 8.43. The van der Waals surface area contributed by atoms with Crippen LogP contribution in [0.4, 0.5) is 0 Å². The smallest absolute Gasteiger partial charge is 0.290 e. The minimum atomic E-state index is -0.394. The SMILES string of the molecule is CCC(=O)n1oc(C)cc1=O. The maximum absolute atomic E-state index is 10.9. The van der Waals surface area contributed by atoms with Crippen LogP contribution in [-0.2, 0) is 0 Å². The molecule has 0 spiro atoms. The molecule has 0 aliphatic carbocycles. The molecule has 0 fully saturated rings. The van der Waals surface area contributed by atoms with Gasteiger partial charge in [-0.15, -0.1) is 4.74 Å². The maximum Gasteiger partial charge on any atom is 0.290 e. The molecule has 0 aliphatic rings. The van der Waals surface area contributed by atoms with E-state index in [-0.39, 0.29) is 12.3 Å². The molecule has 0 unspecified atom stereocenters. The molecular formula is C7H9NO3. The summed E-state index contributed by atoms with van der Waals surface area (Å²) in [4.78, 5) is 21.8. The molecule has 0 aromatic carbocycles. The molecule has 1 rings (SSSR count). The first-order chi connectivity index (χ1) is 5.15. The van der Waals surface area contributed by atoms with Gasteiger partial charge in [-0.3, -0.25) is 9.59 Å². The summed E-state index contributed by atoms with van der Waals surface area (Å²) in [6, 6.07) is 1.29. The summed E-state index contributed by atoms with van der Waals surface area (Å²) in [6.45, 7) is 3.30. The van der Waals surface area contributed by atoms with Gasteiger partial charge in [-0.2, -0.15) is 0 Å². The van der Waals surface area contributed by atoms with Crippen molar-refractivity contribution in [2.75, 3.05) is 0 Å². The molecule has 11 heavy (non-hydrogen) atoms. The van der Waals surface area contributed by atoms with Gasteiger partial charge in [-0.1, -0.05) is 6.92 Å². The first-order valence-electron chi connectivity index (χ1n) is 3.38.